The van der Waals surface area contributed by atoms with Crippen molar-refractivity contribution in [1.82, 2.24) is 20.1 Å². The lowest BCUT2D eigenvalue weighted by atomic mass is 10.1. The Bertz CT molecular complexity index is 901. The Morgan fingerprint density at radius 1 is 1.26 bits per heavy atom. The Balaban J connectivity index is 1.51. The van der Waals surface area contributed by atoms with Gasteiger partial charge in [-0.25, -0.2) is 4.98 Å². The highest BCUT2D eigenvalue weighted by molar-refractivity contribution is 7.09. The lowest BCUT2D eigenvalue weighted by Crippen LogP contribution is -2.15. The highest BCUT2D eigenvalue weighted by atomic mass is 32.1. The second kappa shape index (κ2) is 8.88. The van der Waals surface area contributed by atoms with E-state index in [0.29, 0.717) is 0 Å². The van der Waals surface area contributed by atoms with Gasteiger partial charge in [-0.15, -0.1) is 11.3 Å². The molecule has 2 heterocycles. The highest BCUT2D eigenvalue weighted by Gasteiger charge is 2.12. The summed E-state index contributed by atoms with van der Waals surface area (Å²) < 4.78 is 1.78. The summed E-state index contributed by atoms with van der Waals surface area (Å²) in [5, 5.41) is 22.1. The quantitative estimate of drug-likeness (QED) is 0.343. The number of thiazole rings is 1. The maximum Gasteiger partial charge on any atom is 0.269 e. The summed E-state index contributed by atoms with van der Waals surface area (Å²) in [4.78, 5) is 14.9. The van der Waals surface area contributed by atoms with Crippen molar-refractivity contribution in [2.45, 2.75) is 32.7 Å². The molecule has 0 unspecified atom stereocenters. The molecule has 0 saturated heterocycles. The monoisotopic (exact) mass is 385 g/mol. The first kappa shape index (κ1) is 19.2. The molecule has 142 valence electrons. The fourth-order valence-electron chi connectivity index (χ4n) is 2.92. The zero-order valence-corrected chi connectivity index (χ0v) is 16.3. The molecule has 1 N–H and O–H groups in total. The van der Waals surface area contributed by atoms with Gasteiger partial charge in [-0.1, -0.05) is 0 Å². The number of aromatic nitrogens is 3. The predicted octanol–water partition coefficient (Wildman–Crippen LogP) is 3.87. The molecule has 27 heavy (non-hydrogen) atoms. The van der Waals surface area contributed by atoms with Gasteiger partial charge in [-0.3, -0.25) is 14.8 Å². The number of hydrogen-bond acceptors (Lipinski definition) is 6. The third-order valence-electron chi connectivity index (χ3n) is 4.23. The number of non-ortho nitro benzene ring substituents is 1. The molecule has 3 aromatic rings. The number of rotatable bonds is 9. The zero-order valence-electron chi connectivity index (χ0n) is 15.5. The van der Waals surface area contributed by atoms with Gasteiger partial charge in [0.15, 0.2) is 0 Å². The van der Waals surface area contributed by atoms with Crippen molar-refractivity contribution in [2.24, 2.45) is 7.05 Å². The number of aryl methyl sites for hydroxylation is 3. The van der Waals surface area contributed by atoms with Crippen LogP contribution in [0.25, 0.3) is 11.3 Å². The maximum atomic E-state index is 10.8. The van der Waals surface area contributed by atoms with Crippen molar-refractivity contribution in [3.05, 3.63) is 62.2 Å². The standard InChI is InChI=1S/C19H23N5O2S/c1-14-13-27-18(21-14)5-3-4-10-20-11-16-12-23(2)22-19(16)15-6-8-17(9-7-15)24(25)26/h6-9,12-13,20H,3-5,10-11H2,1-2H3. The number of hydrogen-bond donors (Lipinski definition) is 1. The first-order chi connectivity index (χ1) is 13.0. The molecule has 0 radical (unpaired) electrons. The number of unbranched alkanes of at least 4 members (excludes halogenated alkanes) is 1. The van der Waals surface area contributed by atoms with E-state index in [1.807, 2.05) is 20.2 Å². The molecule has 7 nitrogen and oxygen atoms in total. The molecular formula is C19H23N5O2S. The van der Waals surface area contributed by atoms with E-state index in [9.17, 15) is 10.1 Å². The van der Waals surface area contributed by atoms with E-state index in [1.54, 1.807) is 28.2 Å². The Kier molecular flexibility index (Phi) is 6.31. The molecule has 0 aliphatic carbocycles. The van der Waals surface area contributed by atoms with Gasteiger partial charge < -0.3 is 5.32 Å². The van der Waals surface area contributed by atoms with E-state index in [-0.39, 0.29) is 5.69 Å². The second-order valence-electron chi connectivity index (χ2n) is 6.50. The summed E-state index contributed by atoms with van der Waals surface area (Å²) in [5.41, 5.74) is 4.02. The van der Waals surface area contributed by atoms with Gasteiger partial charge >= 0.3 is 0 Å². The number of nitro groups is 1. The first-order valence-corrected chi connectivity index (χ1v) is 9.80. The minimum atomic E-state index is -0.391. The summed E-state index contributed by atoms with van der Waals surface area (Å²) in [7, 11) is 1.88. The fourth-order valence-corrected chi connectivity index (χ4v) is 3.74. The van der Waals surface area contributed by atoms with Crippen LogP contribution in [-0.4, -0.2) is 26.2 Å². The molecule has 0 atom stereocenters. The van der Waals surface area contributed by atoms with Gasteiger partial charge in [0.05, 0.1) is 15.6 Å². The first-order valence-electron chi connectivity index (χ1n) is 8.92. The van der Waals surface area contributed by atoms with Crippen LogP contribution < -0.4 is 5.32 Å². The molecule has 0 saturated carbocycles. The van der Waals surface area contributed by atoms with Crippen molar-refractivity contribution >= 4 is 17.0 Å². The second-order valence-corrected chi connectivity index (χ2v) is 7.44. The van der Waals surface area contributed by atoms with E-state index >= 15 is 0 Å². The molecule has 0 amide bonds. The van der Waals surface area contributed by atoms with E-state index in [2.05, 4.69) is 20.8 Å². The number of nitrogens with one attached hydrogen (secondary N) is 1. The largest absolute Gasteiger partial charge is 0.313 e. The van der Waals surface area contributed by atoms with Gasteiger partial charge in [-0.05, 0) is 44.9 Å². The third kappa shape index (κ3) is 5.21. The van der Waals surface area contributed by atoms with Gasteiger partial charge in [0.25, 0.3) is 5.69 Å². The Labute approximate surface area is 162 Å². The van der Waals surface area contributed by atoms with Crippen molar-refractivity contribution < 1.29 is 4.92 Å². The number of nitrogens with zero attached hydrogens (tertiary/aromatic N) is 4. The lowest BCUT2D eigenvalue weighted by molar-refractivity contribution is -0.384. The Morgan fingerprint density at radius 3 is 2.70 bits per heavy atom. The topological polar surface area (TPSA) is 85.9 Å². The van der Waals surface area contributed by atoms with Crippen LogP contribution in [0.3, 0.4) is 0 Å². The molecule has 0 spiro atoms. The van der Waals surface area contributed by atoms with E-state index in [0.717, 1.165) is 54.9 Å². The van der Waals surface area contributed by atoms with Crippen LogP contribution in [0.5, 0.6) is 0 Å². The molecule has 0 bridgehead atoms. The summed E-state index contributed by atoms with van der Waals surface area (Å²) in [6.07, 6.45) is 5.22. The maximum absolute atomic E-state index is 10.8. The van der Waals surface area contributed by atoms with Crippen LogP contribution in [0.4, 0.5) is 5.69 Å². The molecule has 0 aliphatic rings. The minimum absolute atomic E-state index is 0.0878. The van der Waals surface area contributed by atoms with Gasteiger partial charge in [0, 0.05) is 54.1 Å². The fraction of sp³-hybridized carbons (Fsp3) is 0.368. The van der Waals surface area contributed by atoms with Crippen molar-refractivity contribution in [1.29, 1.82) is 0 Å². The highest BCUT2D eigenvalue weighted by Crippen LogP contribution is 2.24. The van der Waals surface area contributed by atoms with E-state index in [1.165, 1.54) is 17.1 Å². The molecule has 0 fully saturated rings. The summed E-state index contributed by atoms with van der Waals surface area (Å²) in [5.74, 6) is 0. The van der Waals surface area contributed by atoms with Crippen molar-refractivity contribution in [3.63, 3.8) is 0 Å². The van der Waals surface area contributed by atoms with Crippen molar-refractivity contribution in [2.75, 3.05) is 6.54 Å². The molecule has 0 aliphatic heterocycles. The van der Waals surface area contributed by atoms with Gasteiger partial charge in [0.2, 0.25) is 0 Å². The SMILES string of the molecule is Cc1csc(CCCCNCc2cn(C)nc2-c2ccc([N+](=O)[O-])cc2)n1. The van der Waals surface area contributed by atoms with Crippen LogP contribution in [-0.2, 0) is 20.0 Å². The third-order valence-corrected chi connectivity index (χ3v) is 5.26. The normalized spacial score (nSPS) is 11.0. The van der Waals surface area contributed by atoms with Crippen LogP contribution in [0.1, 0.15) is 29.1 Å². The van der Waals surface area contributed by atoms with Crippen LogP contribution in [0, 0.1) is 17.0 Å². The molecule has 2 aromatic heterocycles. The van der Waals surface area contributed by atoms with Crippen molar-refractivity contribution in [3.8, 4) is 11.3 Å². The Morgan fingerprint density at radius 2 is 2.04 bits per heavy atom. The zero-order chi connectivity index (χ0) is 19.2. The minimum Gasteiger partial charge on any atom is -0.313 e. The average Bonchev–Trinajstić information content (AvgIpc) is 3.23. The van der Waals surface area contributed by atoms with Crippen LogP contribution >= 0.6 is 11.3 Å². The van der Waals surface area contributed by atoms with Gasteiger partial charge in [0.1, 0.15) is 0 Å². The average molecular weight is 385 g/mol. The summed E-state index contributed by atoms with van der Waals surface area (Å²) in [6.45, 7) is 3.67. The van der Waals surface area contributed by atoms with Crippen LogP contribution in [0.15, 0.2) is 35.8 Å². The lowest BCUT2D eigenvalue weighted by Gasteiger charge is -2.05. The molecule has 1 aromatic carbocycles. The summed E-state index contributed by atoms with van der Waals surface area (Å²) >= 11 is 1.73. The predicted molar refractivity (Wildman–Crippen MR) is 107 cm³/mol. The van der Waals surface area contributed by atoms with E-state index in [4.69, 9.17) is 0 Å². The van der Waals surface area contributed by atoms with Crippen LogP contribution in [0.2, 0.25) is 0 Å². The number of benzene rings is 1. The smallest absolute Gasteiger partial charge is 0.269 e. The Hall–Kier alpha value is -2.58. The van der Waals surface area contributed by atoms with Gasteiger partial charge in [-0.2, -0.15) is 5.10 Å². The number of nitro benzene ring substituents is 1. The molecule has 3 rings (SSSR count). The molecule has 8 heteroatoms. The molecular weight excluding hydrogens is 362 g/mol. The van der Waals surface area contributed by atoms with E-state index < -0.39 is 4.92 Å². The summed E-state index contributed by atoms with van der Waals surface area (Å²) in [6, 6.07) is 6.53.